The zero-order valence-electron chi connectivity index (χ0n) is 15.8. The van der Waals surface area contributed by atoms with Gasteiger partial charge in [0.05, 0.1) is 12.2 Å². The first kappa shape index (κ1) is 20.0. The molecule has 0 spiro atoms. The number of epoxide rings is 1. The molecule has 0 aromatic rings. The van der Waals surface area contributed by atoms with Crippen molar-refractivity contribution in [1.82, 2.24) is 0 Å². The van der Waals surface area contributed by atoms with Crippen LogP contribution >= 0.6 is 0 Å². The first-order valence-corrected chi connectivity index (χ1v) is 11.5. The lowest BCUT2D eigenvalue weighted by Crippen LogP contribution is -2.34. The highest BCUT2D eigenvalue weighted by molar-refractivity contribution is 7.85. The lowest BCUT2D eigenvalue weighted by atomic mass is 9.76. The molecule has 0 saturated carbocycles. The van der Waals surface area contributed by atoms with Gasteiger partial charge in [-0.15, -0.1) is 0 Å². The van der Waals surface area contributed by atoms with E-state index in [0.29, 0.717) is 18.3 Å². The lowest BCUT2D eigenvalue weighted by molar-refractivity contribution is -0.137. The van der Waals surface area contributed by atoms with Crippen LogP contribution in [0.1, 0.15) is 58.8 Å². The van der Waals surface area contributed by atoms with Crippen molar-refractivity contribution in [3.05, 3.63) is 12.2 Å². The summed E-state index contributed by atoms with van der Waals surface area (Å²) in [5.41, 5.74) is 0. The first-order chi connectivity index (χ1) is 12.5. The molecule has 3 aliphatic heterocycles. The van der Waals surface area contributed by atoms with Crippen LogP contribution in [0.5, 0.6) is 0 Å². The molecule has 26 heavy (non-hydrogen) atoms. The fourth-order valence-electron chi connectivity index (χ4n) is 4.60. The van der Waals surface area contributed by atoms with Crippen molar-refractivity contribution in [3.63, 3.8) is 0 Å². The van der Waals surface area contributed by atoms with Crippen LogP contribution in [0.25, 0.3) is 0 Å². The number of carboxylic acid groups (broad SMARTS) is 1. The van der Waals surface area contributed by atoms with Crippen molar-refractivity contribution in [1.29, 1.82) is 0 Å². The Bertz CT molecular complexity index is 548. The molecule has 3 fully saturated rings. The van der Waals surface area contributed by atoms with Gasteiger partial charge in [-0.05, 0) is 43.9 Å². The van der Waals surface area contributed by atoms with Crippen LogP contribution in [0.2, 0.25) is 0 Å². The molecular weight excluding hydrogens is 352 g/mol. The van der Waals surface area contributed by atoms with Gasteiger partial charge in [0.1, 0.15) is 12.2 Å². The van der Waals surface area contributed by atoms with Crippen molar-refractivity contribution in [3.8, 4) is 0 Å². The maximum absolute atomic E-state index is 12.5. The molecule has 3 aliphatic rings. The molecule has 1 N–H and O–H groups in total. The second-order valence-corrected chi connectivity index (χ2v) is 9.90. The third kappa shape index (κ3) is 4.57. The maximum Gasteiger partial charge on any atom is 0.303 e. The standard InChI is InChI=1S/C20H32O5S/c1-3-8-13(2)26(23)12-11-15-14(9-6-4-5-7-10-16(21)22)17-19-20(25-19)18(15)24-17/h4,6,13-15,17-20H,3,5,7-12H2,1-2H3,(H,21,22)/t13?,14-,15+,17+,18-,19-,20+,26?/m0/s1. The van der Waals surface area contributed by atoms with E-state index in [1.54, 1.807) is 0 Å². The Morgan fingerprint density at radius 2 is 1.85 bits per heavy atom. The summed E-state index contributed by atoms with van der Waals surface area (Å²) in [7, 11) is -0.760. The van der Waals surface area contributed by atoms with Gasteiger partial charge in [-0.1, -0.05) is 32.4 Å². The van der Waals surface area contributed by atoms with Crippen molar-refractivity contribution in [2.75, 3.05) is 5.75 Å². The van der Waals surface area contributed by atoms with Gasteiger partial charge in [-0.2, -0.15) is 0 Å². The number of hydrogen-bond acceptors (Lipinski definition) is 4. The Morgan fingerprint density at radius 1 is 1.15 bits per heavy atom. The number of rotatable bonds is 12. The van der Waals surface area contributed by atoms with Crippen LogP contribution in [0, 0.1) is 11.8 Å². The van der Waals surface area contributed by atoms with E-state index in [2.05, 4.69) is 26.0 Å². The molecular formula is C20H32O5S. The van der Waals surface area contributed by atoms with E-state index in [1.165, 1.54) is 0 Å². The molecule has 0 radical (unpaired) electrons. The van der Waals surface area contributed by atoms with E-state index in [4.69, 9.17) is 14.6 Å². The SMILES string of the molecule is CCCC(C)S(=O)CC[C@@H]1[C@H](CC=CCCCC(=O)O)[C@H]2O[C@@H]1[C@H]1O[C@H]12. The molecule has 8 atom stereocenters. The topological polar surface area (TPSA) is 76.1 Å². The summed E-state index contributed by atoms with van der Waals surface area (Å²) in [4.78, 5) is 10.5. The van der Waals surface area contributed by atoms with Crippen molar-refractivity contribution in [2.24, 2.45) is 11.8 Å². The average molecular weight is 385 g/mol. The molecule has 0 amide bonds. The van der Waals surface area contributed by atoms with E-state index in [0.717, 1.165) is 37.9 Å². The minimum absolute atomic E-state index is 0.189. The third-order valence-corrected chi connectivity index (χ3v) is 7.82. The predicted octanol–water partition coefficient (Wildman–Crippen LogP) is 3.30. The van der Waals surface area contributed by atoms with Gasteiger partial charge in [0, 0.05) is 28.2 Å². The van der Waals surface area contributed by atoms with Crippen LogP contribution in [0.15, 0.2) is 12.2 Å². The zero-order chi connectivity index (χ0) is 18.7. The summed E-state index contributed by atoms with van der Waals surface area (Å²) in [6, 6.07) is 0. The van der Waals surface area contributed by atoms with Gasteiger partial charge >= 0.3 is 5.97 Å². The molecule has 148 valence electrons. The van der Waals surface area contributed by atoms with Crippen LogP contribution in [0.4, 0.5) is 0 Å². The van der Waals surface area contributed by atoms with Gasteiger partial charge in [0.2, 0.25) is 0 Å². The van der Waals surface area contributed by atoms with E-state index in [9.17, 15) is 9.00 Å². The number of unbranched alkanes of at least 4 members (excludes halogenated alkanes) is 1. The molecule has 0 aliphatic carbocycles. The summed E-state index contributed by atoms with van der Waals surface area (Å²) >= 11 is 0. The Hall–Kier alpha value is -0.720. The van der Waals surface area contributed by atoms with Crippen molar-refractivity contribution in [2.45, 2.75) is 88.5 Å². The second kappa shape index (κ2) is 8.98. The predicted molar refractivity (Wildman–Crippen MR) is 102 cm³/mol. The number of fused-ring (bicyclic) bond motifs is 5. The molecule has 0 aromatic heterocycles. The molecule has 3 heterocycles. The Labute approximate surface area is 159 Å². The summed E-state index contributed by atoms with van der Waals surface area (Å²) in [5.74, 6) is 0.902. The average Bonchev–Trinajstić information content (AvgIpc) is 3.23. The van der Waals surface area contributed by atoms with Crippen LogP contribution in [0.3, 0.4) is 0 Å². The molecule has 0 aromatic carbocycles. The van der Waals surface area contributed by atoms with E-state index >= 15 is 0 Å². The van der Waals surface area contributed by atoms with Gasteiger partial charge in [-0.3, -0.25) is 9.00 Å². The summed E-state index contributed by atoms with van der Waals surface area (Å²) in [6.45, 7) is 4.23. The van der Waals surface area contributed by atoms with Gasteiger partial charge in [-0.25, -0.2) is 0 Å². The van der Waals surface area contributed by atoms with E-state index in [-0.39, 0.29) is 36.1 Å². The quantitative estimate of drug-likeness (QED) is 0.317. The summed E-state index contributed by atoms with van der Waals surface area (Å²) < 4.78 is 24.4. The minimum atomic E-state index is -0.760. The molecule has 6 heteroatoms. The molecule has 2 bridgehead atoms. The fraction of sp³-hybridized carbons (Fsp3) is 0.850. The van der Waals surface area contributed by atoms with Crippen molar-refractivity contribution >= 4 is 16.8 Å². The zero-order valence-corrected chi connectivity index (χ0v) is 16.7. The molecule has 3 saturated heterocycles. The largest absolute Gasteiger partial charge is 0.481 e. The minimum Gasteiger partial charge on any atom is -0.481 e. The highest BCUT2D eigenvalue weighted by atomic mass is 32.2. The molecule has 3 rings (SSSR count). The number of carboxylic acids is 1. The Kier molecular flexibility index (Phi) is 6.92. The summed E-state index contributed by atoms with van der Waals surface area (Å²) in [6.07, 6.45) is 10.9. The van der Waals surface area contributed by atoms with E-state index in [1.807, 2.05) is 0 Å². The fourth-order valence-corrected chi connectivity index (χ4v) is 6.00. The second-order valence-electron chi connectivity index (χ2n) is 7.92. The third-order valence-electron chi connectivity index (χ3n) is 6.05. The first-order valence-electron chi connectivity index (χ1n) is 10.1. The van der Waals surface area contributed by atoms with Crippen LogP contribution < -0.4 is 0 Å². The number of ether oxygens (including phenoxy) is 2. The Balaban J connectivity index is 1.48. The highest BCUT2D eigenvalue weighted by Gasteiger charge is 2.68. The van der Waals surface area contributed by atoms with Gasteiger partial charge < -0.3 is 14.6 Å². The lowest BCUT2D eigenvalue weighted by Gasteiger charge is -2.25. The van der Waals surface area contributed by atoms with Gasteiger partial charge in [0.25, 0.3) is 0 Å². The highest BCUT2D eigenvalue weighted by Crippen LogP contribution is 2.55. The smallest absolute Gasteiger partial charge is 0.303 e. The Morgan fingerprint density at radius 3 is 2.54 bits per heavy atom. The van der Waals surface area contributed by atoms with Crippen LogP contribution in [-0.4, -0.2) is 50.7 Å². The normalized spacial score (nSPS) is 37.0. The van der Waals surface area contributed by atoms with Crippen LogP contribution in [-0.2, 0) is 25.1 Å². The summed E-state index contributed by atoms with van der Waals surface area (Å²) in [5, 5.41) is 8.95. The van der Waals surface area contributed by atoms with E-state index < -0.39 is 16.8 Å². The molecule has 5 nitrogen and oxygen atoms in total. The molecule has 2 unspecified atom stereocenters. The monoisotopic (exact) mass is 384 g/mol. The van der Waals surface area contributed by atoms with Crippen molar-refractivity contribution < 1.29 is 23.6 Å². The maximum atomic E-state index is 12.5. The number of allylic oxidation sites excluding steroid dienone is 2. The van der Waals surface area contributed by atoms with Gasteiger partial charge in [0.15, 0.2) is 0 Å². The number of hydrogen-bond donors (Lipinski definition) is 1. The number of carbonyl (C=O) groups is 1. The number of aliphatic carboxylic acids is 1.